The summed E-state index contributed by atoms with van der Waals surface area (Å²) in [7, 11) is 0. The Morgan fingerprint density at radius 2 is 1.72 bits per heavy atom. The van der Waals surface area contributed by atoms with E-state index >= 15 is 0 Å². The van der Waals surface area contributed by atoms with Crippen LogP contribution in [0.25, 0.3) is 22.0 Å². The summed E-state index contributed by atoms with van der Waals surface area (Å²) in [5.41, 5.74) is 5.67. The van der Waals surface area contributed by atoms with Crippen LogP contribution in [0.4, 0.5) is 11.4 Å². The number of rotatable bonds is 6. The summed E-state index contributed by atoms with van der Waals surface area (Å²) in [4.78, 5) is 19.4. The van der Waals surface area contributed by atoms with Crippen molar-refractivity contribution < 1.29 is 9.90 Å². The quantitative estimate of drug-likeness (QED) is 0.260. The monoisotopic (exact) mass is 520 g/mol. The number of aromatic nitrogens is 1. The van der Waals surface area contributed by atoms with E-state index in [9.17, 15) is 9.90 Å². The molecule has 0 amide bonds. The topological polar surface area (TPSA) is 77.5 Å². The Labute approximate surface area is 219 Å². The molecule has 0 spiro atoms. The number of ketones is 1. The number of nitrogens with zero attached hydrogens (tertiary/aromatic N) is 2. The van der Waals surface area contributed by atoms with Crippen molar-refractivity contribution in [3.05, 3.63) is 82.0 Å². The molecule has 1 aromatic heterocycles. The highest BCUT2D eigenvalue weighted by Gasteiger charge is 2.16. The highest BCUT2D eigenvalue weighted by molar-refractivity contribution is 6.37. The van der Waals surface area contributed by atoms with Gasteiger partial charge in [-0.25, -0.2) is 0 Å². The standard InChI is InChI=1S/C28H26Cl2N4O2/c1-17(35)23-15-32-26-7-4-19(20-13-24(29)28(36)25(30)14-20)12-22(26)27(23)33-21-5-2-18(3-6-21)16-34-10-8-31-9-11-34/h2-7,12-15,31,36H,8-11,16H2,1H3,(H,32,33). The first-order valence-electron chi connectivity index (χ1n) is 11.8. The third-order valence-corrected chi connectivity index (χ3v) is 7.01. The molecule has 0 saturated carbocycles. The average Bonchev–Trinajstić information content (AvgIpc) is 2.88. The van der Waals surface area contributed by atoms with Crippen molar-refractivity contribution in [2.24, 2.45) is 0 Å². The van der Waals surface area contributed by atoms with Crippen molar-refractivity contribution in [3.63, 3.8) is 0 Å². The lowest BCUT2D eigenvalue weighted by Crippen LogP contribution is -2.42. The molecule has 3 aromatic carbocycles. The van der Waals surface area contributed by atoms with Crippen LogP contribution < -0.4 is 10.6 Å². The normalized spacial score (nSPS) is 14.2. The SMILES string of the molecule is CC(=O)c1cnc2ccc(-c3cc(Cl)c(O)c(Cl)c3)cc2c1Nc1ccc(CN2CCNCC2)cc1. The van der Waals surface area contributed by atoms with Crippen LogP contribution in [0.5, 0.6) is 5.75 Å². The predicted molar refractivity (Wildman–Crippen MR) is 147 cm³/mol. The second-order valence-corrected chi connectivity index (χ2v) is 9.79. The molecule has 0 atom stereocenters. The van der Waals surface area contributed by atoms with Crippen LogP contribution in [0.1, 0.15) is 22.8 Å². The third-order valence-electron chi connectivity index (χ3n) is 6.44. The number of hydrogen-bond donors (Lipinski definition) is 3. The first-order valence-corrected chi connectivity index (χ1v) is 12.6. The number of piperazine rings is 1. The van der Waals surface area contributed by atoms with E-state index < -0.39 is 0 Å². The highest BCUT2D eigenvalue weighted by atomic mass is 35.5. The van der Waals surface area contributed by atoms with Gasteiger partial charge in [-0.2, -0.15) is 0 Å². The summed E-state index contributed by atoms with van der Waals surface area (Å²) in [6, 6.07) is 17.4. The maximum atomic E-state index is 12.5. The molecule has 0 aliphatic carbocycles. The van der Waals surface area contributed by atoms with Gasteiger partial charge in [0.25, 0.3) is 0 Å². The average molecular weight is 521 g/mol. The summed E-state index contributed by atoms with van der Waals surface area (Å²) >= 11 is 12.3. The number of carbonyl (C=O) groups is 1. The number of phenols is 1. The fourth-order valence-corrected chi connectivity index (χ4v) is 4.96. The van der Waals surface area contributed by atoms with Gasteiger partial charge in [0.1, 0.15) is 0 Å². The van der Waals surface area contributed by atoms with Crippen molar-refractivity contribution in [2.45, 2.75) is 13.5 Å². The van der Waals surface area contributed by atoms with Gasteiger partial charge in [-0.05, 0) is 60.0 Å². The Morgan fingerprint density at radius 3 is 2.39 bits per heavy atom. The predicted octanol–water partition coefficient (Wildman–Crippen LogP) is 6.27. The Hall–Kier alpha value is -3.16. The number of hydrogen-bond acceptors (Lipinski definition) is 6. The number of phenolic OH excluding ortho intramolecular Hbond substituents is 1. The van der Waals surface area contributed by atoms with Crippen LogP contribution in [-0.4, -0.2) is 47.0 Å². The van der Waals surface area contributed by atoms with E-state index in [0.29, 0.717) is 11.3 Å². The van der Waals surface area contributed by atoms with Crippen molar-refractivity contribution >= 4 is 51.3 Å². The van der Waals surface area contributed by atoms with Crippen molar-refractivity contribution in [2.75, 3.05) is 31.5 Å². The van der Waals surface area contributed by atoms with Crippen LogP contribution in [0, 0.1) is 0 Å². The van der Waals surface area contributed by atoms with Crippen LogP contribution in [0.2, 0.25) is 10.0 Å². The van der Waals surface area contributed by atoms with E-state index in [1.54, 1.807) is 18.3 Å². The minimum absolute atomic E-state index is 0.0802. The maximum Gasteiger partial charge on any atom is 0.163 e. The van der Waals surface area contributed by atoms with Gasteiger partial charge >= 0.3 is 0 Å². The Morgan fingerprint density at radius 1 is 1.03 bits per heavy atom. The molecule has 4 aromatic rings. The lowest BCUT2D eigenvalue weighted by atomic mass is 10.00. The summed E-state index contributed by atoms with van der Waals surface area (Å²) in [6.45, 7) is 6.59. The molecule has 2 heterocycles. The molecule has 36 heavy (non-hydrogen) atoms. The fourth-order valence-electron chi connectivity index (χ4n) is 4.47. The second-order valence-electron chi connectivity index (χ2n) is 8.97. The van der Waals surface area contributed by atoms with E-state index in [1.165, 1.54) is 12.5 Å². The molecule has 0 radical (unpaired) electrons. The number of carbonyl (C=O) groups excluding carboxylic acids is 1. The van der Waals surface area contributed by atoms with Crippen LogP contribution in [0.3, 0.4) is 0 Å². The van der Waals surface area contributed by atoms with Gasteiger partial charge in [0.15, 0.2) is 11.5 Å². The summed E-state index contributed by atoms with van der Waals surface area (Å²) in [5, 5.41) is 17.9. The molecule has 5 rings (SSSR count). The number of Topliss-reactive ketones (excluding diaryl/α,β-unsaturated/α-hetero) is 1. The van der Waals surface area contributed by atoms with Gasteiger partial charge in [0, 0.05) is 50.0 Å². The van der Waals surface area contributed by atoms with E-state index in [1.807, 2.05) is 30.3 Å². The number of pyridine rings is 1. The summed E-state index contributed by atoms with van der Waals surface area (Å²) in [5.74, 6) is -0.227. The molecule has 1 aliphatic rings. The van der Waals surface area contributed by atoms with Crippen molar-refractivity contribution in [1.29, 1.82) is 0 Å². The first-order chi connectivity index (χ1) is 17.4. The number of nitrogens with one attached hydrogen (secondary N) is 2. The molecule has 6 nitrogen and oxygen atoms in total. The van der Waals surface area contributed by atoms with Crippen molar-refractivity contribution in [1.82, 2.24) is 15.2 Å². The Bertz CT molecular complexity index is 1410. The molecule has 0 bridgehead atoms. The minimum Gasteiger partial charge on any atom is -0.505 e. The van der Waals surface area contributed by atoms with E-state index in [4.69, 9.17) is 23.2 Å². The number of benzene rings is 3. The first kappa shape index (κ1) is 24.5. The molecular formula is C28H26Cl2N4O2. The van der Waals surface area contributed by atoms with Gasteiger partial charge in [-0.3, -0.25) is 14.7 Å². The fraction of sp³-hybridized carbons (Fsp3) is 0.214. The molecule has 8 heteroatoms. The summed E-state index contributed by atoms with van der Waals surface area (Å²) in [6.07, 6.45) is 1.61. The molecular weight excluding hydrogens is 495 g/mol. The molecule has 3 N–H and O–H groups in total. The Balaban J connectivity index is 1.50. The zero-order chi connectivity index (χ0) is 25.2. The highest BCUT2D eigenvalue weighted by Crippen LogP contribution is 2.38. The Kier molecular flexibility index (Phi) is 7.12. The van der Waals surface area contributed by atoms with Crippen LogP contribution >= 0.6 is 23.2 Å². The van der Waals surface area contributed by atoms with Crippen molar-refractivity contribution in [3.8, 4) is 16.9 Å². The number of aromatic hydroxyl groups is 1. The number of halogens is 2. The zero-order valence-corrected chi connectivity index (χ0v) is 21.3. The molecule has 1 saturated heterocycles. The van der Waals surface area contributed by atoms with Gasteiger partial charge in [-0.1, -0.05) is 41.4 Å². The molecule has 1 aliphatic heterocycles. The maximum absolute atomic E-state index is 12.5. The molecule has 1 fully saturated rings. The second kappa shape index (κ2) is 10.4. The van der Waals surface area contributed by atoms with E-state index in [2.05, 4.69) is 32.7 Å². The number of fused-ring (bicyclic) bond motifs is 1. The summed E-state index contributed by atoms with van der Waals surface area (Å²) < 4.78 is 0. The largest absolute Gasteiger partial charge is 0.505 e. The van der Waals surface area contributed by atoms with Crippen LogP contribution in [0.15, 0.2) is 60.8 Å². The van der Waals surface area contributed by atoms with E-state index in [0.717, 1.165) is 60.4 Å². The smallest absolute Gasteiger partial charge is 0.163 e. The lowest BCUT2D eigenvalue weighted by Gasteiger charge is -2.27. The number of anilines is 2. The minimum atomic E-state index is -0.147. The van der Waals surface area contributed by atoms with E-state index in [-0.39, 0.29) is 21.6 Å². The van der Waals surface area contributed by atoms with Gasteiger partial charge in [-0.15, -0.1) is 0 Å². The molecule has 184 valence electrons. The third kappa shape index (κ3) is 5.18. The van der Waals surface area contributed by atoms with Crippen LogP contribution in [-0.2, 0) is 6.54 Å². The molecule has 0 unspecified atom stereocenters. The van der Waals surface area contributed by atoms with Gasteiger partial charge in [0.2, 0.25) is 0 Å². The lowest BCUT2D eigenvalue weighted by molar-refractivity contribution is 0.101. The zero-order valence-electron chi connectivity index (χ0n) is 19.8. The van der Waals surface area contributed by atoms with Gasteiger partial charge in [0.05, 0.1) is 26.8 Å². The van der Waals surface area contributed by atoms with Gasteiger partial charge < -0.3 is 15.7 Å².